The first-order chi connectivity index (χ1) is 9.69. The van der Waals surface area contributed by atoms with Gasteiger partial charge in [0, 0.05) is 11.6 Å². The first kappa shape index (κ1) is 12.7. The smallest absolute Gasteiger partial charge is 0.292 e. The third-order valence-electron chi connectivity index (χ3n) is 3.58. The van der Waals surface area contributed by atoms with Crippen molar-refractivity contribution < 1.29 is 14.0 Å². The van der Waals surface area contributed by atoms with Crippen molar-refractivity contribution in [3.05, 3.63) is 53.1 Å². The van der Waals surface area contributed by atoms with Crippen LogP contribution in [0.15, 0.2) is 36.4 Å². The second kappa shape index (κ2) is 5.00. The SMILES string of the molecule is COc1cc(C)c2c(c1)C=[N+](c1ccccc1C)CO2. The van der Waals surface area contributed by atoms with Gasteiger partial charge in [0.2, 0.25) is 5.69 Å². The average Bonchev–Trinajstić information content (AvgIpc) is 2.47. The Balaban J connectivity index is 2.10. The van der Waals surface area contributed by atoms with Gasteiger partial charge in [0.05, 0.1) is 12.7 Å². The van der Waals surface area contributed by atoms with E-state index < -0.39 is 0 Å². The van der Waals surface area contributed by atoms with Crippen LogP contribution in [0.5, 0.6) is 11.5 Å². The Labute approximate surface area is 119 Å². The Morgan fingerprint density at radius 3 is 2.65 bits per heavy atom. The maximum absolute atomic E-state index is 5.91. The van der Waals surface area contributed by atoms with Crippen LogP contribution >= 0.6 is 0 Å². The van der Waals surface area contributed by atoms with Crippen LogP contribution < -0.4 is 9.47 Å². The Hall–Kier alpha value is -2.29. The molecule has 1 heterocycles. The maximum atomic E-state index is 5.91. The normalized spacial score (nSPS) is 13.2. The first-order valence-corrected chi connectivity index (χ1v) is 6.67. The number of hydrogen-bond donors (Lipinski definition) is 0. The summed E-state index contributed by atoms with van der Waals surface area (Å²) in [6.45, 7) is 4.68. The molecule has 1 aliphatic heterocycles. The number of nitrogens with zero attached hydrogens (tertiary/aromatic N) is 1. The number of rotatable bonds is 2. The highest BCUT2D eigenvalue weighted by molar-refractivity contribution is 5.83. The molecule has 3 rings (SSSR count). The minimum atomic E-state index is 0.533. The maximum Gasteiger partial charge on any atom is 0.292 e. The molecule has 0 saturated heterocycles. The molecule has 1 aliphatic rings. The van der Waals surface area contributed by atoms with Gasteiger partial charge in [-0.25, -0.2) is 0 Å². The lowest BCUT2D eigenvalue weighted by Gasteiger charge is -2.17. The minimum Gasteiger partial charge on any atom is -0.497 e. The lowest BCUT2D eigenvalue weighted by molar-refractivity contribution is -0.476. The van der Waals surface area contributed by atoms with Crippen molar-refractivity contribution in [1.82, 2.24) is 0 Å². The number of fused-ring (bicyclic) bond motifs is 1. The third kappa shape index (κ3) is 2.16. The molecule has 2 aromatic rings. The predicted octanol–water partition coefficient (Wildman–Crippen LogP) is 3.43. The van der Waals surface area contributed by atoms with E-state index >= 15 is 0 Å². The monoisotopic (exact) mass is 268 g/mol. The van der Waals surface area contributed by atoms with E-state index in [0.717, 1.165) is 22.6 Å². The summed E-state index contributed by atoms with van der Waals surface area (Å²) in [7, 11) is 1.68. The van der Waals surface area contributed by atoms with Gasteiger partial charge in [-0.05, 0) is 31.5 Å². The van der Waals surface area contributed by atoms with Crippen LogP contribution in [-0.2, 0) is 0 Å². The summed E-state index contributed by atoms with van der Waals surface area (Å²) in [5.41, 5.74) is 4.55. The highest BCUT2D eigenvalue weighted by Crippen LogP contribution is 2.31. The minimum absolute atomic E-state index is 0.533. The molecule has 0 saturated carbocycles. The van der Waals surface area contributed by atoms with Gasteiger partial charge in [-0.3, -0.25) is 0 Å². The van der Waals surface area contributed by atoms with E-state index in [-0.39, 0.29) is 0 Å². The molecule has 0 atom stereocenters. The van der Waals surface area contributed by atoms with Crippen molar-refractivity contribution in [3.8, 4) is 11.5 Å². The fraction of sp³-hybridized carbons (Fsp3) is 0.235. The van der Waals surface area contributed by atoms with Crippen molar-refractivity contribution in [2.75, 3.05) is 13.8 Å². The molecule has 0 aliphatic carbocycles. The van der Waals surface area contributed by atoms with Crippen LogP contribution in [0.4, 0.5) is 5.69 Å². The molecule has 3 heteroatoms. The van der Waals surface area contributed by atoms with Gasteiger partial charge in [-0.2, -0.15) is 4.58 Å². The molecule has 0 amide bonds. The number of benzene rings is 2. The second-order valence-corrected chi connectivity index (χ2v) is 5.02. The Morgan fingerprint density at radius 1 is 1.10 bits per heavy atom. The highest BCUT2D eigenvalue weighted by atomic mass is 16.5. The fourth-order valence-electron chi connectivity index (χ4n) is 2.54. The van der Waals surface area contributed by atoms with Gasteiger partial charge in [0.15, 0.2) is 6.21 Å². The topological polar surface area (TPSA) is 21.5 Å². The molecule has 2 aromatic carbocycles. The van der Waals surface area contributed by atoms with Crippen molar-refractivity contribution >= 4 is 11.9 Å². The van der Waals surface area contributed by atoms with Crippen LogP contribution in [0.1, 0.15) is 16.7 Å². The average molecular weight is 268 g/mol. The zero-order valence-corrected chi connectivity index (χ0v) is 12.0. The van der Waals surface area contributed by atoms with Gasteiger partial charge in [0.25, 0.3) is 6.73 Å². The molecule has 0 unspecified atom stereocenters. The van der Waals surface area contributed by atoms with E-state index in [1.165, 1.54) is 11.3 Å². The van der Waals surface area contributed by atoms with Crippen molar-refractivity contribution in [2.45, 2.75) is 13.8 Å². The molecule has 0 spiro atoms. The highest BCUT2D eigenvalue weighted by Gasteiger charge is 2.22. The summed E-state index contributed by atoms with van der Waals surface area (Å²) >= 11 is 0. The number of methoxy groups -OCH3 is 1. The fourth-order valence-corrected chi connectivity index (χ4v) is 2.54. The van der Waals surface area contributed by atoms with Gasteiger partial charge in [-0.15, -0.1) is 0 Å². The van der Waals surface area contributed by atoms with E-state index in [9.17, 15) is 0 Å². The summed E-state index contributed by atoms with van der Waals surface area (Å²) in [4.78, 5) is 0. The standard InChI is InChI=1S/C17H18NO2/c1-12-6-4-5-7-16(12)18-10-14-9-15(19-3)8-13(2)17(14)20-11-18/h4-10H,11H2,1-3H3/q+1. The Kier molecular flexibility index (Phi) is 3.18. The van der Waals surface area contributed by atoms with Gasteiger partial charge < -0.3 is 9.47 Å². The number of para-hydroxylation sites is 1. The molecular weight excluding hydrogens is 250 g/mol. The lowest BCUT2D eigenvalue weighted by Crippen LogP contribution is -2.21. The molecule has 0 radical (unpaired) electrons. The molecule has 0 N–H and O–H groups in total. The van der Waals surface area contributed by atoms with E-state index in [2.05, 4.69) is 29.8 Å². The van der Waals surface area contributed by atoms with Crippen molar-refractivity contribution in [3.63, 3.8) is 0 Å². The van der Waals surface area contributed by atoms with Crippen molar-refractivity contribution in [2.24, 2.45) is 0 Å². The molecular formula is C17H18NO2+. The summed E-state index contributed by atoms with van der Waals surface area (Å²) < 4.78 is 13.4. The molecule has 20 heavy (non-hydrogen) atoms. The molecule has 3 nitrogen and oxygen atoms in total. The van der Waals surface area contributed by atoms with Crippen LogP contribution in [0, 0.1) is 13.8 Å². The van der Waals surface area contributed by atoms with Crippen LogP contribution in [0.2, 0.25) is 0 Å². The zero-order chi connectivity index (χ0) is 14.1. The zero-order valence-electron chi connectivity index (χ0n) is 12.0. The quantitative estimate of drug-likeness (QED) is 0.778. The first-order valence-electron chi connectivity index (χ1n) is 6.67. The summed E-state index contributed by atoms with van der Waals surface area (Å²) in [5, 5.41) is 0. The largest absolute Gasteiger partial charge is 0.497 e. The number of aryl methyl sites for hydroxylation is 2. The van der Waals surface area contributed by atoms with Gasteiger partial charge >= 0.3 is 0 Å². The molecule has 102 valence electrons. The second-order valence-electron chi connectivity index (χ2n) is 5.02. The van der Waals surface area contributed by atoms with E-state index in [0.29, 0.717) is 6.73 Å². The Morgan fingerprint density at radius 2 is 1.90 bits per heavy atom. The summed E-state index contributed by atoms with van der Waals surface area (Å²) in [6, 6.07) is 12.3. The lowest BCUT2D eigenvalue weighted by atomic mass is 10.1. The molecule has 0 bridgehead atoms. The van der Waals surface area contributed by atoms with Gasteiger partial charge in [-0.1, -0.05) is 18.2 Å². The number of hydrogen-bond acceptors (Lipinski definition) is 2. The third-order valence-corrected chi connectivity index (χ3v) is 3.58. The van der Waals surface area contributed by atoms with E-state index in [1.807, 2.05) is 31.2 Å². The van der Waals surface area contributed by atoms with Gasteiger partial charge in [0.1, 0.15) is 11.5 Å². The van der Waals surface area contributed by atoms with Crippen LogP contribution in [0.3, 0.4) is 0 Å². The van der Waals surface area contributed by atoms with E-state index in [1.54, 1.807) is 7.11 Å². The van der Waals surface area contributed by atoms with Crippen molar-refractivity contribution in [1.29, 1.82) is 0 Å². The predicted molar refractivity (Wildman–Crippen MR) is 79.5 cm³/mol. The summed E-state index contributed by atoms with van der Waals surface area (Å²) in [5.74, 6) is 1.79. The Bertz CT molecular complexity index is 689. The van der Waals surface area contributed by atoms with E-state index in [4.69, 9.17) is 9.47 Å². The summed E-state index contributed by atoms with van der Waals surface area (Å²) in [6.07, 6.45) is 2.12. The molecule has 0 aromatic heterocycles. The number of ether oxygens (including phenoxy) is 2. The van der Waals surface area contributed by atoms with Crippen LogP contribution in [-0.4, -0.2) is 24.6 Å². The molecule has 0 fully saturated rings. The van der Waals surface area contributed by atoms with Crippen LogP contribution in [0.25, 0.3) is 0 Å².